The highest BCUT2D eigenvalue weighted by atomic mass is 16.6. The number of benzene rings is 1. The average Bonchev–Trinajstić information content (AvgIpc) is 3.56. The van der Waals surface area contributed by atoms with Crippen molar-refractivity contribution in [3.05, 3.63) is 66.3 Å². The average molecular weight is 681 g/mol. The van der Waals surface area contributed by atoms with Crippen LogP contribution in [-0.2, 0) is 32.0 Å². The summed E-state index contributed by atoms with van der Waals surface area (Å²) in [5, 5.41) is 22.9. The Hall–Kier alpha value is -4.19. The topological polar surface area (TPSA) is 175 Å². The minimum atomic E-state index is -1.08. The number of aromatic nitrogens is 2. The van der Waals surface area contributed by atoms with Crippen molar-refractivity contribution in [2.45, 2.75) is 122 Å². The fourth-order valence-electron chi connectivity index (χ4n) is 6.34. The third-order valence-corrected chi connectivity index (χ3v) is 8.73. The van der Waals surface area contributed by atoms with Gasteiger partial charge in [0.05, 0.1) is 24.2 Å². The number of nitrogens with zero attached hydrogens (tertiary/aromatic N) is 1. The maximum absolute atomic E-state index is 14.1. The van der Waals surface area contributed by atoms with Gasteiger partial charge in [-0.25, -0.2) is 9.78 Å². The van der Waals surface area contributed by atoms with Crippen molar-refractivity contribution in [1.82, 2.24) is 31.2 Å². The minimum absolute atomic E-state index is 0.0638. The van der Waals surface area contributed by atoms with Gasteiger partial charge in [0.25, 0.3) is 0 Å². The number of imidazole rings is 1. The van der Waals surface area contributed by atoms with Gasteiger partial charge in [0.15, 0.2) is 0 Å². The number of aliphatic hydroxyl groups is 1. The number of nitrogens with one attached hydrogen (secondary N) is 5. The van der Waals surface area contributed by atoms with Gasteiger partial charge in [0.1, 0.15) is 17.7 Å². The normalized spacial score (nSPS) is 16.7. The van der Waals surface area contributed by atoms with Gasteiger partial charge in [0, 0.05) is 32.0 Å². The molecule has 0 saturated heterocycles. The number of aromatic amines is 1. The molecule has 0 bridgehead atoms. The van der Waals surface area contributed by atoms with E-state index in [9.17, 15) is 24.3 Å². The number of alkyl carbamates (subject to hydrolysis) is 1. The Bertz CT molecular complexity index is 1350. The van der Waals surface area contributed by atoms with Crippen LogP contribution in [0.4, 0.5) is 4.79 Å². The van der Waals surface area contributed by atoms with Crippen molar-refractivity contribution in [2.24, 2.45) is 11.8 Å². The predicted octanol–water partition coefficient (Wildman–Crippen LogP) is 4.11. The van der Waals surface area contributed by atoms with Gasteiger partial charge in [-0.1, -0.05) is 68.0 Å². The molecule has 0 aliphatic heterocycles. The van der Waals surface area contributed by atoms with Gasteiger partial charge in [0.2, 0.25) is 17.7 Å². The second kappa shape index (κ2) is 19.1. The number of rotatable bonds is 17. The van der Waals surface area contributed by atoms with Crippen LogP contribution in [0.1, 0.15) is 90.3 Å². The molecular weight excluding hydrogens is 624 g/mol. The molecule has 5 atom stereocenters. The van der Waals surface area contributed by atoms with Crippen molar-refractivity contribution in [1.29, 1.82) is 0 Å². The van der Waals surface area contributed by atoms with Crippen molar-refractivity contribution in [3.8, 4) is 0 Å². The van der Waals surface area contributed by atoms with Crippen LogP contribution in [0.3, 0.4) is 0 Å². The lowest BCUT2D eigenvalue weighted by atomic mass is 9.82. The first-order valence-corrected chi connectivity index (χ1v) is 17.4. The molecule has 0 radical (unpaired) electrons. The molecule has 1 fully saturated rings. The Morgan fingerprint density at radius 2 is 1.63 bits per heavy atom. The molecule has 1 aromatic heterocycles. The highest BCUT2D eigenvalue weighted by Gasteiger charge is 2.34. The summed E-state index contributed by atoms with van der Waals surface area (Å²) >= 11 is 0. The van der Waals surface area contributed by atoms with Crippen molar-refractivity contribution in [2.75, 3.05) is 7.05 Å². The van der Waals surface area contributed by atoms with Crippen LogP contribution in [0.2, 0.25) is 0 Å². The molecular formula is C37H56N6O6. The molecule has 270 valence electrons. The highest BCUT2D eigenvalue weighted by molar-refractivity contribution is 5.91. The van der Waals surface area contributed by atoms with Gasteiger partial charge < -0.3 is 36.1 Å². The number of ether oxygens (including phenoxy) is 1. The first-order valence-electron chi connectivity index (χ1n) is 17.4. The fraction of sp³-hybridized carbons (Fsp3) is 0.595. The number of H-pyrrole nitrogens is 1. The molecule has 3 rings (SSSR count). The summed E-state index contributed by atoms with van der Waals surface area (Å²) in [5.41, 5.74) is 1.39. The molecule has 6 N–H and O–H groups in total. The smallest absolute Gasteiger partial charge is 0.408 e. The van der Waals surface area contributed by atoms with Crippen LogP contribution in [0.5, 0.6) is 0 Å². The number of hydrogen-bond donors (Lipinski definition) is 6. The number of carbonyl (C=O) groups excluding carboxylic acids is 4. The second-order valence-electron chi connectivity index (χ2n) is 14.3. The minimum Gasteiger partial charge on any atom is -0.444 e. The van der Waals surface area contributed by atoms with Gasteiger partial charge in [-0.2, -0.15) is 0 Å². The monoisotopic (exact) mass is 680 g/mol. The number of carbonyl (C=O) groups is 4. The van der Waals surface area contributed by atoms with E-state index in [0.29, 0.717) is 24.5 Å². The zero-order chi connectivity index (χ0) is 36.0. The summed E-state index contributed by atoms with van der Waals surface area (Å²) in [6.07, 6.45) is 8.00. The van der Waals surface area contributed by atoms with E-state index in [2.05, 4.69) is 37.8 Å². The lowest BCUT2D eigenvalue weighted by Crippen LogP contribution is -2.58. The molecule has 1 saturated carbocycles. The van der Waals surface area contributed by atoms with Crippen molar-refractivity contribution < 1.29 is 29.0 Å². The molecule has 12 heteroatoms. The Morgan fingerprint density at radius 1 is 0.980 bits per heavy atom. The number of amides is 4. The molecule has 2 aromatic rings. The standard InChI is InChI=1S/C37H56N6O6/c1-24(2)17-27(33(45)38-6)20-32(44)29(18-25-13-9-7-10-14-25)41-35(47)31(21-28-22-39-23-40-28)42-34(46)30(19-26-15-11-8-12-16-26)43-36(48)49-37(3,4)5/h8,11-12,15-16,22-23,25,27,29-32,44H,1,7,9-10,13-14,17-21H2,2-6H3,(H,38,45)(H,39,40)(H,41,47)(H,42,46)(H,43,48)/t27-,29+,30+,31+,32+/m1/s1. The SMILES string of the molecule is C=C(C)C[C@H](C[C@H](O)[C@H](CC1CCCCC1)NC(=O)[C@H](Cc1c[nH]cn1)NC(=O)[C@H](Cc1ccccc1)NC(=O)OC(C)(C)C)C(=O)NC. The molecule has 1 heterocycles. The molecule has 49 heavy (non-hydrogen) atoms. The van der Waals surface area contributed by atoms with Gasteiger partial charge in [-0.15, -0.1) is 6.58 Å². The first-order chi connectivity index (χ1) is 23.2. The van der Waals surface area contributed by atoms with Crippen LogP contribution in [0.15, 0.2) is 55.0 Å². The van der Waals surface area contributed by atoms with Crippen LogP contribution in [0, 0.1) is 11.8 Å². The summed E-state index contributed by atoms with van der Waals surface area (Å²) < 4.78 is 5.44. The van der Waals surface area contributed by atoms with E-state index < -0.39 is 53.7 Å². The van der Waals surface area contributed by atoms with E-state index in [0.717, 1.165) is 43.2 Å². The van der Waals surface area contributed by atoms with Crippen LogP contribution in [-0.4, -0.2) is 75.8 Å². The summed E-state index contributed by atoms with van der Waals surface area (Å²) in [4.78, 5) is 60.7. The van der Waals surface area contributed by atoms with E-state index in [1.54, 1.807) is 34.0 Å². The third kappa shape index (κ3) is 14.1. The third-order valence-electron chi connectivity index (χ3n) is 8.73. The highest BCUT2D eigenvalue weighted by Crippen LogP contribution is 2.29. The number of allylic oxidation sites excluding steroid dienone is 1. The zero-order valence-corrected chi connectivity index (χ0v) is 29.7. The molecule has 1 aromatic carbocycles. The Balaban J connectivity index is 1.86. The molecule has 12 nitrogen and oxygen atoms in total. The van der Waals surface area contributed by atoms with Crippen LogP contribution >= 0.6 is 0 Å². The maximum Gasteiger partial charge on any atom is 0.408 e. The van der Waals surface area contributed by atoms with Crippen molar-refractivity contribution >= 4 is 23.8 Å². The van der Waals surface area contributed by atoms with Gasteiger partial charge >= 0.3 is 6.09 Å². The molecule has 0 spiro atoms. The van der Waals surface area contributed by atoms with E-state index >= 15 is 0 Å². The Morgan fingerprint density at radius 3 is 2.22 bits per heavy atom. The zero-order valence-electron chi connectivity index (χ0n) is 29.7. The van der Waals surface area contributed by atoms with Crippen LogP contribution in [0.25, 0.3) is 0 Å². The van der Waals surface area contributed by atoms with E-state index in [-0.39, 0.29) is 25.2 Å². The molecule has 1 aliphatic carbocycles. The quantitative estimate of drug-likeness (QED) is 0.136. The van der Waals surface area contributed by atoms with Crippen molar-refractivity contribution in [3.63, 3.8) is 0 Å². The molecule has 1 aliphatic rings. The second-order valence-corrected chi connectivity index (χ2v) is 14.3. The summed E-state index contributed by atoms with van der Waals surface area (Å²) in [6.45, 7) is 11.0. The fourth-order valence-corrected chi connectivity index (χ4v) is 6.34. The van der Waals surface area contributed by atoms with E-state index in [1.165, 1.54) is 6.33 Å². The largest absolute Gasteiger partial charge is 0.444 e. The summed E-state index contributed by atoms with van der Waals surface area (Å²) in [6, 6.07) is 6.45. The predicted molar refractivity (Wildman–Crippen MR) is 188 cm³/mol. The van der Waals surface area contributed by atoms with Gasteiger partial charge in [-0.3, -0.25) is 14.4 Å². The summed E-state index contributed by atoms with van der Waals surface area (Å²) in [5.74, 6) is -1.48. The Kier molecular flexibility index (Phi) is 15.3. The number of aliphatic hydroxyl groups excluding tert-OH is 1. The van der Waals surface area contributed by atoms with Crippen LogP contribution < -0.4 is 21.3 Å². The maximum atomic E-state index is 14.1. The van der Waals surface area contributed by atoms with Gasteiger partial charge in [-0.05, 0) is 58.4 Å². The lowest BCUT2D eigenvalue weighted by Gasteiger charge is -2.33. The molecule has 0 unspecified atom stereocenters. The van der Waals surface area contributed by atoms with E-state index in [1.807, 2.05) is 37.3 Å². The number of hydrogen-bond acceptors (Lipinski definition) is 7. The Labute approximate surface area is 290 Å². The first kappa shape index (κ1) is 39.3. The summed E-state index contributed by atoms with van der Waals surface area (Å²) in [7, 11) is 1.56. The molecule has 4 amide bonds. The van der Waals surface area contributed by atoms with E-state index in [4.69, 9.17) is 4.74 Å². The lowest BCUT2D eigenvalue weighted by molar-refractivity contribution is -0.131.